The van der Waals surface area contributed by atoms with Gasteiger partial charge in [-0.25, -0.2) is 4.79 Å². The summed E-state index contributed by atoms with van der Waals surface area (Å²) in [5.74, 6) is -0.273. The largest absolute Gasteiger partial charge is 0.465 e. The maximum atomic E-state index is 12.1. The average molecular weight is 292 g/mol. The standard InChI is InChI=1S/C16H24N2O3/c1-4-10-18(11-5-2)15(19)12-17-14-8-6-13(7-9-14)16(20)21-3/h6-9,17H,4-5,10-12H2,1-3H3. The molecule has 5 nitrogen and oxygen atoms in total. The number of methoxy groups -OCH3 is 1. The molecule has 0 aliphatic carbocycles. The van der Waals surface area contributed by atoms with Crippen LogP contribution in [0.15, 0.2) is 24.3 Å². The van der Waals surface area contributed by atoms with Crippen LogP contribution in [0.1, 0.15) is 37.0 Å². The molecule has 1 aromatic rings. The van der Waals surface area contributed by atoms with E-state index in [9.17, 15) is 9.59 Å². The molecule has 0 radical (unpaired) electrons. The summed E-state index contributed by atoms with van der Waals surface area (Å²) >= 11 is 0. The van der Waals surface area contributed by atoms with Crippen molar-refractivity contribution in [2.75, 3.05) is 32.1 Å². The molecular formula is C16H24N2O3. The highest BCUT2D eigenvalue weighted by atomic mass is 16.5. The van der Waals surface area contributed by atoms with Crippen LogP contribution in [0.25, 0.3) is 0 Å². The Balaban J connectivity index is 2.53. The summed E-state index contributed by atoms with van der Waals surface area (Å²) in [6.45, 7) is 5.96. The smallest absolute Gasteiger partial charge is 0.337 e. The Morgan fingerprint density at radius 3 is 2.14 bits per heavy atom. The molecule has 1 rings (SSSR count). The van der Waals surface area contributed by atoms with Crippen LogP contribution >= 0.6 is 0 Å². The van der Waals surface area contributed by atoms with Crippen molar-refractivity contribution in [2.45, 2.75) is 26.7 Å². The number of ether oxygens (including phenoxy) is 1. The molecule has 0 saturated heterocycles. The van der Waals surface area contributed by atoms with E-state index in [4.69, 9.17) is 0 Å². The Morgan fingerprint density at radius 2 is 1.67 bits per heavy atom. The summed E-state index contributed by atoms with van der Waals surface area (Å²) in [7, 11) is 1.35. The van der Waals surface area contributed by atoms with E-state index in [1.54, 1.807) is 24.3 Å². The van der Waals surface area contributed by atoms with Gasteiger partial charge in [0.25, 0.3) is 0 Å². The van der Waals surface area contributed by atoms with Gasteiger partial charge in [-0.05, 0) is 37.1 Å². The van der Waals surface area contributed by atoms with Crippen LogP contribution < -0.4 is 5.32 Å². The topological polar surface area (TPSA) is 58.6 Å². The van der Waals surface area contributed by atoms with Crippen LogP contribution in [0.3, 0.4) is 0 Å². The highest BCUT2D eigenvalue weighted by Crippen LogP contribution is 2.10. The van der Waals surface area contributed by atoms with E-state index in [1.165, 1.54) is 7.11 Å². The highest BCUT2D eigenvalue weighted by molar-refractivity contribution is 5.89. The molecule has 1 amide bonds. The molecule has 5 heteroatoms. The molecule has 0 fully saturated rings. The molecule has 0 aliphatic heterocycles. The van der Waals surface area contributed by atoms with E-state index >= 15 is 0 Å². The first-order valence-corrected chi connectivity index (χ1v) is 7.32. The molecule has 0 aromatic heterocycles. The van der Waals surface area contributed by atoms with Gasteiger partial charge in [0.05, 0.1) is 19.2 Å². The molecule has 0 atom stereocenters. The zero-order valence-electron chi connectivity index (χ0n) is 13.0. The van der Waals surface area contributed by atoms with Crippen molar-refractivity contribution >= 4 is 17.6 Å². The third kappa shape index (κ3) is 5.45. The van der Waals surface area contributed by atoms with E-state index in [0.717, 1.165) is 31.6 Å². The predicted octanol–water partition coefficient (Wildman–Crippen LogP) is 2.53. The van der Waals surface area contributed by atoms with Gasteiger partial charge in [0.1, 0.15) is 0 Å². The molecular weight excluding hydrogens is 268 g/mol. The second kappa shape index (κ2) is 9.00. The molecule has 0 aliphatic rings. The number of nitrogens with zero attached hydrogens (tertiary/aromatic N) is 1. The molecule has 21 heavy (non-hydrogen) atoms. The number of rotatable bonds is 8. The van der Waals surface area contributed by atoms with Gasteiger partial charge >= 0.3 is 5.97 Å². The molecule has 1 aromatic carbocycles. The van der Waals surface area contributed by atoms with Crippen molar-refractivity contribution in [3.05, 3.63) is 29.8 Å². The van der Waals surface area contributed by atoms with Crippen LogP contribution in [0.2, 0.25) is 0 Å². The molecule has 116 valence electrons. The van der Waals surface area contributed by atoms with Crippen LogP contribution in [0.5, 0.6) is 0 Å². The van der Waals surface area contributed by atoms with Crippen molar-refractivity contribution < 1.29 is 14.3 Å². The lowest BCUT2D eigenvalue weighted by Crippen LogP contribution is -2.36. The lowest BCUT2D eigenvalue weighted by molar-refractivity contribution is -0.129. The minimum absolute atomic E-state index is 0.0933. The summed E-state index contributed by atoms with van der Waals surface area (Å²) < 4.78 is 4.64. The molecule has 0 saturated carbocycles. The summed E-state index contributed by atoms with van der Waals surface area (Å²) in [6, 6.07) is 6.88. The van der Waals surface area contributed by atoms with Crippen molar-refractivity contribution in [1.29, 1.82) is 0 Å². The van der Waals surface area contributed by atoms with Gasteiger partial charge in [-0.2, -0.15) is 0 Å². The lowest BCUT2D eigenvalue weighted by Gasteiger charge is -2.21. The Bertz CT molecular complexity index is 451. The molecule has 0 spiro atoms. The van der Waals surface area contributed by atoms with Gasteiger partial charge in [0, 0.05) is 18.8 Å². The minimum Gasteiger partial charge on any atom is -0.465 e. The summed E-state index contributed by atoms with van der Waals surface area (Å²) in [6.07, 6.45) is 1.92. The third-order valence-corrected chi connectivity index (χ3v) is 3.09. The molecule has 0 unspecified atom stereocenters. The first kappa shape index (κ1) is 17.0. The number of carbonyl (C=O) groups is 2. The highest BCUT2D eigenvalue weighted by Gasteiger charge is 2.11. The Hall–Kier alpha value is -2.04. The monoisotopic (exact) mass is 292 g/mol. The zero-order chi connectivity index (χ0) is 15.7. The SMILES string of the molecule is CCCN(CCC)C(=O)CNc1ccc(C(=O)OC)cc1. The summed E-state index contributed by atoms with van der Waals surface area (Å²) in [5, 5.41) is 3.08. The maximum Gasteiger partial charge on any atom is 0.337 e. The van der Waals surface area contributed by atoms with Crippen LogP contribution in [0.4, 0.5) is 5.69 Å². The number of esters is 1. The molecule has 0 bridgehead atoms. The number of nitrogens with one attached hydrogen (secondary N) is 1. The number of hydrogen-bond donors (Lipinski definition) is 1. The fourth-order valence-corrected chi connectivity index (χ4v) is 2.03. The quantitative estimate of drug-likeness (QED) is 0.748. The van der Waals surface area contributed by atoms with Crippen LogP contribution in [-0.4, -0.2) is 43.5 Å². The molecule has 1 N–H and O–H groups in total. The van der Waals surface area contributed by atoms with E-state index in [-0.39, 0.29) is 18.4 Å². The summed E-state index contributed by atoms with van der Waals surface area (Å²) in [5.41, 5.74) is 1.30. The lowest BCUT2D eigenvalue weighted by atomic mass is 10.2. The van der Waals surface area contributed by atoms with Gasteiger partial charge in [0.2, 0.25) is 5.91 Å². The van der Waals surface area contributed by atoms with E-state index in [2.05, 4.69) is 23.9 Å². The Kier molecular flexibility index (Phi) is 7.29. The fourth-order valence-electron chi connectivity index (χ4n) is 2.03. The van der Waals surface area contributed by atoms with Gasteiger partial charge < -0.3 is 15.0 Å². The predicted molar refractivity (Wildman–Crippen MR) is 83.4 cm³/mol. The van der Waals surface area contributed by atoms with Crippen molar-refractivity contribution in [3.8, 4) is 0 Å². The first-order valence-electron chi connectivity index (χ1n) is 7.32. The Morgan fingerprint density at radius 1 is 1.10 bits per heavy atom. The third-order valence-electron chi connectivity index (χ3n) is 3.09. The maximum absolute atomic E-state index is 12.1. The fraction of sp³-hybridized carbons (Fsp3) is 0.500. The normalized spacial score (nSPS) is 10.0. The average Bonchev–Trinajstić information content (AvgIpc) is 2.52. The van der Waals surface area contributed by atoms with E-state index in [0.29, 0.717) is 5.56 Å². The van der Waals surface area contributed by atoms with Crippen molar-refractivity contribution in [3.63, 3.8) is 0 Å². The number of hydrogen-bond acceptors (Lipinski definition) is 4. The van der Waals surface area contributed by atoms with Crippen LogP contribution in [-0.2, 0) is 9.53 Å². The minimum atomic E-state index is -0.366. The number of benzene rings is 1. The summed E-state index contributed by atoms with van der Waals surface area (Å²) in [4.78, 5) is 25.3. The number of anilines is 1. The Labute approximate surface area is 126 Å². The first-order chi connectivity index (χ1) is 10.1. The van der Waals surface area contributed by atoms with Crippen LogP contribution in [0, 0.1) is 0 Å². The van der Waals surface area contributed by atoms with Gasteiger partial charge in [0.15, 0.2) is 0 Å². The second-order valence-corrected chi connectivity index (χ2v) is 4.80. The van der Waals surface area contributed by atoms with Crippen molar-refractivity contribution in [1.82, 2.24) is 4.90 Å². The van der Waals surface area contributed by atoms with Gasteiger partial charge in [-0.15, -0.1) is 0 Å². The van der Waals surface area contributed by atoms with E-state index < -0.39 is 0 Å². The van der Waals surface area contributed by atoms with Crippen molar-refractivity contribution in [2.24, 2.45) is 0 Å². The number of amides is 1. The second-order valence-electron chi connectivity index (χ2n) is 4.80. The zero-order valence-corrected chi connectivity index (χ0v) is 13.0. The van der Waals surface area contributed by atoms with Gasteiger partial charge in [-0.1, -0.05) is 13.8 Å². The van der Waals surface area contributed by atoms with Gasteiger partial charge in [-0.3, -0.25) is 4.79 Å². The van der Waals surface area contributed by atoms with E-state index in [1.807, 2.05) is 4.90 Å². The number of carbonyl (C=O) groups excluding carboxylic acids is 2. The molecule has 0 heterocycles.